The molecular weight excluding hydrogens is 548 g/mol. The maximum absolute atomic E-state index is 13.4. The average Bonchev–Trinajstić information content (AvgIpc) is 3.50. The molecule has 4 rings (SSSR count). The number of hydrogen-bond donors (Lipinski definition) is 1. The number of anilines is 2. The van der Waals surface area contributed by atoms with E-state index in [0.29, 0.717) is 22.8 Å². The summed E-state index contributed by atoms with van der Waals surface area (Å²) >= 11 is 9.86. The zero-order chi connectivity index (χ0) is 21.1. The second-order valence-electron chi connectivity index (χ2n) is 6.21. The third-order valence-electron chi connectivity index (χ3n) is 4.43. The van der Waals surface area contributed by atoms with E-state index in [4.69, 9.17) is 11.6 Å². The molecule has 2 aromatic heterocycles. The first kappa shape index (κ1) is 23.0. The molecule has 4 nitrogen and oxygen atoms in total. The fraction of sp³-hybridized carbons (Fsp3) is 0.368. The molecule has 1 aromatic carbocycles. The summed E-state index contributed by atoms with van der Waals surface area (Å²) in [6, 6.07) is 7.98. The molecule has 0 aliphatic heterocycles. The molecule has 1 aliphatic rings. The van der Waals surface area contributed by atoms with Crippen LogP contribution in [0.15, 0.2) is 29.2 Å². The van der Waals surface area contributed by atoms with E-state index in [-0.39, 0.29) is 17.4 Å². The molecule has 0 radical (unpaired) electrons. The van der Waals surface area contributed by atoms with Crippen LogP contribution in [-0.2, 0) is 0 Å². The number of thioether (sulfide) groups is 1. The fourth-order valence-electron chi connectivity index (χ4n) is 2.99. The fourth-order valence-corrected chi connectivity index (χ4v) is 5.66. The summed E-state index contributed by atoms with van der Waals surface area (Å²) in [6.45, 7) is 4.00. The van der Waals surface area contributed by atoms with E-state index in [2.05, 4.69) is 27.4 Å². The third kappa shape index (κ3) is 4.97. The zero-order valence-corrected chi connectivity index (χ0v) is 20.9. The van der Waals surface area contributed by atoms with Crippen molar-refractivity contribution in [3.05, 3.63) is 40.8 Å². The second kappa shape index (κ2) is 10.1. The van der Waals surface area contributed by atoms with Crippen LogP contribution in [0.4, 0.5) is 20.2 Å². The lowest BCUT2D eigenvalue weighted by Crippen LogP contribution is -1.96. The van der Waals surface area contributed by atoms with E-state index in [0.717, 1.165) is 10.6 Å². The molecule has 156 valence electrons. The van der Waals surface area contributed by atoms with Crippen LogP contribution in [-0.4, -0.2) is 20.6 Å². The molecule has 29 heavy (non-hydrogen) atoms. The number of rotatable bonds is 6. The lowest BCUT2D eigenvalue weighted by molar-refractivity contribution is 0.140. The number of nitrogens with one attached hydrogen (secondary N) is 1. The van der Waals surface area contributed by atoms with E-state index < -0.39 is 6.43 Å². The highest BCUT2D eigenvalue weighted by Gasteiger charge is 2.25. The highest BCUT2D eigenvalue weighted by Crippen LogP contribution is 2.43. The van der Waals surface area contributed by atoms with Gasteiger partial charge in [-0.05, 0) is 64.8 Å². The molecule has 1 N–H and O–H groups in total. The van der Waals surface area contributed by atoms with Crippen LogP contribution in [0.5, 0.6) is 0 Å². The molecule has 2 heterocycles. The smallest absolute Gasteiger partial charge is 0.295 e. The van der Waals surface area contributed by atoms with Crippen LogP contribution in [0.1, 0.15) is 50.4 Å². The second-order valence-corrected chi connectivity index (χ2v) is 9.51. The summed E-state index contributed by atoms with van der Waals surface area (Å²) < 4.78 is 28.2. The van der Waals surface area contributed by atoms with E-state index in [1.54, 1.807) is 17.8 Å². The number of halogens is 4. The van der Waals surface area contributed by atoms with E-state index in [9.17, 15) is 8.78 Å². The van der Waals surface area contributed by atoms with Crippen molar-refractivity contribution in [3.63, 3.8) is 0 Å². The van der Waals surface area contributed by atoms with Crippen LogP contribution in [0.25, 0.3) is 11.2 Å². The Morgan fingerprint density at radius 1 is 1.24 bits per heavy atom. The molecule has 1 fully saturated rings. The molecule has 1 aliphatic carbocycles. The van der Waals surface area contributed by atoms with Crippen molar-refractivity contribution in [3.8, 4) is 0 Å². The van der Waals surface area contributed by atoms with Gasteiger partial charge in [0.15, 0.2) is 11.5 Å². The third-order valence-corrected chi connectivity index (χ3v) is 7.46. The number of aromatic nitrogens is 3. The molecule has 10 heteroatoms. The van der Waals surface area contributed by atoms with Gasteiger partial charge in [-0.3, -0.25) is 4.34 Å². The molecule has 0 spiro atoms. The lowest BCUT2D eigenvalue weighted by Gasteiger charge is -2.13. The predicted octanol–water partition coefficient (Wildman–Crippen LogP) is 8.18. The van der Waals surface area contributed by atoms with Crippen molar-refractivity contribution < 1.29 is 8.78 Å². The van der Waals surface area contributed by atoms with Crippen LogP contribution < -0.4 is 5.32 Å². The Balaban J connectivity index is 0.00000117. The van der Waals surface area contributed by atoms with Crippen LogP contribution in [0.3, 0.4) is 0 Å². The normalized spacial score (nSPS) is 13.9. The minimum absolute atomic E-state index is 0.0517. The largest absolute Gasteiger partial charge is 0.353 e. The summed E-state index contributed by atoms with van der Waals surface area (Å²) in [5.41, 5.74) is 3.60. The first-order chi connectivity index (χ1) is 14.0. The van der Waals surface area contributed by atoms with Gasteiger partial charge >= 0.3 is 0 Å². The summed E-state index contributed by atoms with van der Waals surface area (Å²) in [7, 11) is 0. The Bertz CT molecular complexity index is 1010. The number of imidazole rings is 1. The number of nitrogens with zero attached hydrogens (tertiary/aromatic N) is 3. The van der Waals surface area contributed by atoms with Gasteiger partial charge in [-0.2, -0.15) is 0 Å². The quantitative estimate of drug-likeness (QED) is 0.141. The van der Waals surface area contributed by atoms with Crippen molar-refractivity contribution in [2.75, 3.05) is 11.6 Å². The van der Waals surface area contributed by atoms with E-state index in [1.807, 2.05) is 48.2 Å². The monoisotopic (exact) mass is 568 g/mol. The zero-order valence-electron chi connectivity index (χ0n) is 16.1. The molecule has 0 amide bonds. The van der Waals surface area contributed by atoms with Gasteiger partial charge in [-0.15, -0.1) is 11.8 Å². The van der Waals surface area contributed by atoms with Crippen molar-refractivity contribution in [1.82, 2.24) is 14.3 Å². The lowest BCUT2D eigenvalue weighted by atomic mass is 10.1. The van der Waals surface area contributed by atoms with E-state index in [1.165, 1.54) is 22.7 Å². The van der Waals surface area contributed by atoms with Crippen molar-refractivity contribution in [2.45, 2.75) is 43.9 Å². The molecule has 0 saturated heterocycles. The van der Waals surface area contributed by atoms with Crippen molar-refractivity contribution in [1.29, 1.82) is 0 Å². The minimum Gasteiger partial charge on any atom is -0.353 e. The summed E-state index contributed by atoms with van der Waals surface area (Å²) in [4.78, 5) is 9.49. The number of benzene rings is 1. The molecular formula is C19H21ClF2IN4PS. The van der Waals surface area contributed by atoms with Gasteiger partial charge < -0.3 is 5.32 Å². The number of alkyl halides is 2. The Labute approximate surface area is 192 Å². The highest BCUT2D eigenvalue weighted by atomic mass is 127. The van der Waals surface area contributed by atoms with Gasteiger partial charge in [0.2, 0.25) is 0 Å². The molecule has 0 bridgehead atoms. The molecule has 3 aromatic rings. The standard InChI is InChI=1S/C17H15ClF2IN4PS.C2H6/c1-27-12-6-9(8-2-3-8)4-5-10(12)22-11-7-13(18)23-16-14(11)24-17(15(19)20)25(16)26-21;1-2/h4-8,15,26H,2-3H2,1H3,(H,22,23);1-2H3. The van der Waals surface area contributed by atoms with Crippen LogP contribution in [0, 0.1) is 0 Å². The van der Waals surface area contributed by atoms with Gasteiger partial charge in [0.05, 0.1) is 17.7 Å². The summed E-state index contributed by atoms with van der Waals surface area (Å²) in [6.07, 6.45) is 1.88. The van der Waals surface area contributed by atoms with Crippen LogP contribution in [0.2, 0.25) is 5.15 Å². The van der Waals surface area contributed by atoms with E-state index >= 15 is 0 Å². The first-order valence-electron chi connectivity index (χ1n) is 9.20. The molecule has 1 atom stereocenters. The first-order valence-corrected chi connectivity index (χ1v) is 14.9. The summed E-state index contributed by atoms with van der Waals surface area (Å²) in [5, 5.41) is 3.57. The Kier molecular flexibility index (Phi) is 7.98. The Hall–Kier alpha value is -0.700. The van der Waals surface area contributed by atoms with Crippen molar-refractivity contribution >= 4 is 74.3 Å². The number of hydrogen-bond acceptors (Lipinski definition) is 4. The predicted molar refractivity (Wildman–Crippen MR) is 130 cm³/mol. The van der Waals surface area contributed by atoms with Gasteiger partial charge in [0.1, 0.15) is 10.7 Å². The maximum atomic E-state index is 13.4. The van der Waals surface area contributed by atoms with Gasteiger partial charge in [0, 0.05) is 11.0 Å². The number of fused-ring (bicyclic) bond motifs is 1. The van der Waals surface area contributed by atoms with Gasteiger partial charge in [0.25, 0.3) is 6.43 Å². The Morgan fingerprint density at radius 3 is 2.55 bits per heavy atom. The molecule has 1 saturated carbocycles. The Morgan fingerprint density at radius 2 is 1.97 bits per heavy atom. The summed E-state index contributed by atoms with van der Waals surface area (Å²) in [5.74, 6) is 0.380. The minimum atomic E-state index is -2.67. The van der Waals surface area contributed by atoms with Crippen molar-refractivity contribution in [2.24, 2.45) is 0 Å². The number of pyridine rings is 1. The highest BCUT2D eigenvalue weighted by molar-refractivity contribution is 14.2. The maximum Gasteiger partial charge on any atom is 0.295 e. The van der Waals surface area contributed by atoms with Gasteiger partial charge in [-0.25, -0.2) is 18.7 Å². The van der Waals surface area contributed by atoms with Crippen LogP contribution >= 0.6 is 51.8 Å². The average molecular weight is 569 g/mol. The molecule has 1 unspecified atom stereocenters. The van der Waals surface area contributed by atoms with Gasteiger partial charge in [-0.1, -0.05) is 31.5 Å². The topological polar surface area (TPSA) is 42.7 Å². The SMILES string of the molecule is CC.CSc1cc(C2CC2)ccc1Nc1cc(Cl)nc2c1nc(C(F)F)n2PI.